The summed E-state index contributed by atoms with van der Waals surface area (Å²) in [5.41, 5.74) is 0.631. The fourth-order valence-electron chi connectivity index (χ4n) is 1.20. The molecule has 0 bridgehead atoms. The third-order valence-electron chi connectivity index (χ3n) is 1.89. The smallest absolute Gasteiger partial charge is 0.249 e. The van der Waals surface area contributed by atoms with Crippen LogP contribution in [-0.4, -0.2) is 4.98 Å². The van der Waals surface area contributed by atoms with Gasteiger partial charge in [0.25, 0.3) is 6.43 Å². The van der Waals surface area contributed by atoms with Crippen molar-refractivity contribution in [1.29, 1.82) is 5.26 Å². The molecule has 0 radical (unpaired) electrons. The summed E-state index contributed by atoms with van der Waals surface area (Å²) < 4.78 is 25.7. The molecule has 0 spiro atoms. The quantitative estimate of drug-likeness (QED) is 0.479. The maximum Gasteiger partial charge on any atom is 0.266 e. The van der Waals surface area contributed by atoms with Crippen LogP contribution >= 0.6 is 34.2 Å². The van der Waals surface area contributed by atoms with E-state index >= 15 is 0 Å². The molecule has 6 heteroatoms. The lowest BCUT2D eigenvalue weighted by Crippen LogP contribution is -2.04. The number of alkyl halides is 3. The molecule has 15 heavy (non-hydrogen) atoms. The van der Waals surface area contributed by atoms with Gasteiger partial charge in [-0.2, -0.15) is 5.26 Å². The predicted octanol–water partition coefficient (Wildman–Crippen LogP) is 3.43. The first kappa shape index (κ1) is 12.6. The maximum absolute atomic E-state index is 12.7. The third-order valence-corrected chi connectivity index (χ3v) is 3.03. The molecule has 0 aliphatic rings. The van der Waals surface area contributed by atoms with E-state index in [1.54, 1.807) is 22.6 Å². The Morgan fingerprint density at radius 2 is 2.27 bits per heavy atom. The normalized spacial score (nSPS) is 10.4. The zero-order chi connectivity index (χ0) is 11.4. The number of aromatic nitrogens is 1. The summed E-state index contributed by atoms with van der Waals surface area (Å²) in [7, 11) is 0. The van der Waals surface area contributed by atoms with Gasteiger partial charge in [0.1, 0.15) is 3.70 Å². The largest absolute Gasteiger partial charge is 0.266 e. The van der Waals surface area contributed by atoms with E-state index in [0.29, 0.717) is 11.1 Å². The fourth-order valence-corrected chi connectivity index (χ4v) is 2.13. The second-order valence-electron chi connectivity index (χ2n) is 2.74. The van der Waals surface area contributed by atoms with Gasteiger partial charge in [-0.1, -0.05) is 0 Å². The van der Waals surface area contributed by atoms with Crippen LogP contribution in [0.1, 0.15) is 23.1 Å². The van der Waals surface area contributed by atoms with Crippen LogP contribution in [0, 0.1) is 15.0 Å². The van der Waals surface area contributed by atoms with Crippen LogP contribution in [0.5, 0.6) is 0 Å². The van der Waals surface area contributed by atoms with Gasteiger partial charge in [-0.15, -0.1) is 11.6 Å². The monoisotopic (exact) mass is 342 g/mol. The van der Waals surface area contributed by atoms with Crippen molar-refractivity contribution in [3.63, 3.8) is 0 Å². The van der Waals surface area contributed by atoms with Gasteiger partial charge in [0.15, 0.2) is 0 Å². The topological polar surface area (TPSA) is 36.7 Å². The molecule has 0 aliphatic carbocycles. The standard InChI is InChI=1S/C9H6ClF2IN2/c10-3-5-4-15-9(13)7(8(11)12)6(5)1-2-14/h4,8H,1,3H2. The molecule has 0 aliphatic heterocycles. The van der Waals surface area contributed by atoms with Crippen LogP contribution in [-0.2, 0) is 12.3 Å². The van der Waals surface area contributed by atoms with E-state index in [1.807, 2.05) is 6.07 Å². The van der Waals surface area contributed by atoms with Crippen molar-refractivity contribution in [2.45, 2.75) is 18.7 Å². The lowest BCUT2D eigenvalue weighted by molar-refractivity contribution is 0.148. The Morgan fingerprint density at radius 3 is 2.73 bits per heavy atom. The Morgan fingerprint density at radius 1 is 1.60 bits per heavy atom. The molecule has 0 unspecified atom stereocenters. The SMILES string of the molecule is N#CCc1c(CCl)cnc(I)c1C(F)F. The van der Waals surface area contributed by atoms with E-state index in [2.05, 4.69) is 4.98 Å². The molecule has 1 heterocycles. The minimum atomic E-state index is -2.63. The number of halogens is 4. The summed E-state index contributed by atoms with van der Waals surface area (Å²) in [6.45, 7) is 0. The average Bonchev–Trinajstić information content (AvgIpc) is 2.18. The highest BCUT2D eigenvalue weighted by atomic mass is 127. The van der Waals surface area contributed by atoms with Crippen molar-refractivity contribution < 1.29 is 8.78 Å². The number of hydrogen-bond donors (Lipinski definition) is 0. The van der Waals surface area contributed by atoms with Gasteiger partial charge in [0.2, 0.25) is 0 Å². The van der Waals surface area contributed by atoms with Gasteiger partial charge in [-0.05, 0) is 33.7 Å². The highest BCUT2D eigenvalue weighted by Gasteiger charge is 2.20. The van der Waals surface area contributed by atoms with E-state index in [-0.39, 0.29) is 21.6 Å². The first-order valence-corrected chi connectivity index (χ1v) is 5.60. The molecule has 0 aromatic carbocycles. The second kappa shape index (κ2) is 5.56. The summed E-state index contributed by atoms with van der Waals surface area (Å²) in [4.78, 5) is 3.83. The van der Waals surface area contributed by atoms with E-state index < -0.39 is 6.43 Å². The lowest BCUT2D eigenvalue weighted by atomic mass is 10.0. The first-order chi connectivity index (χ1) is 7.11. The van der Waals surface area contributed by atoms with E-state index in [9.17, 15) is 8.78 Å². The van der Waals surface area contributed by atoms with Gasteiger partial charge in [-0.25, -0.2) is 13.8 Å². The van der Waals surface area contributed by atoms with Gasteiger partial charge >= 0.3 is 0 Å². The first-order valence-electron chi connectivity index (χ1n) is 3.99. The summed E-state index contributed by atoms with van der Waals surface area (Å²) >= 11 is 7.33. The Balaban J connectivity index is 3.38. The summed E-state index contributed by atoms with van der Waals surface area (Å²) in [5.74, 6) is 0.0840. The molecule has 1 rings (SSSR count). The van der Waals surface area contributed by atoms with Gasteiger partial charge in [0, 0.05) is 12.1 Å². The summed E-state index contributed by atoms with van der Waals surface area (Å²) in [6.07, 6.45) is -1.26. The van der Waals surface area contributed by atoms with Crippen LogP contribution in [0.2, 0.25) is 0 Å². The zero-order valence-electron chi connectivity index (χ0n) is 7.48. The number of rotatable bonds is 3. The molecule has 1 aromatic heterocycles. The maximum atomic E-state index is 12.7. The van der Waals surface area contributed by atoms with Gasteiger partial charge < -0.3 is 0 Å². The van der Waals surface area contributed by atoms with Crippen LogP contribution in [0.25, 0.3) is 0 Å². The van der Waals surface area contributed by atoms with Gasteiger partial charge in [-0.3, -0.25) is 0 Å². The molecular formula is C9H6ClF2IN2. The van der Waals surface area contributed by atoms with Crippen molar-refractivity contribution in [2.24, 2.45) is 0 Å². The fraction of sp³-hybridized carbons (Fsp3) is 0.333. The van der Waals surface area contributed by atoms with Crippen LogP contribution in [0.4, 0.5) is 8.78 Å². The van der Waals surface area contributed by atoms with Crippen LogP contribution in [0.3, 0.4) is 0 Å². The minimum absolute atomic E-state index is 0.0692. The Bertz CT molecular complexity index is 404. The number of pyridine rings is 1. The van der Waals surface area contributed by atoms with Crippen molar-refractivity contribution in [2.75, 3.05) is 0 Å². The van der Waals surface area contributed by atoms with E-state index in [0.717, 1.165) is 0 Å². The van der Waals surface area contributed by atoms with Crippen molar-refractivity contribution in [1.82, 2.24) is 4.98 Å². The van der Waals surface area contributed by atoms with E-state index in [4.69, 9.17) is 16.9 Å². The van der Waals surface area contributed by atoms with Crippen LogP contribution < -0.4 is 0 Å². The molecule has 0 saturated carbocycles. The highest BCUT2D eigenvalue weighted by Crippen LogP contribution is 2.29. The molecule has 0 atom stereocenters. The van der Waals surface area contributed by atoms with Crippen molar-refractivity contribution in [3.05, 3.63) is 26.6 Å². The Labute approximate surface area is 104 Å². The molecule has 0 amide bonds. The lowest BCUT2D eigenvalue weighted by Gasteiger charge is -2.11. The van der Waals surface area contributed by atoms with Crippen molar-refractivity contribution >= 4 is 34.2 Å². The van der Waals surface area contributed by atoms with Crippen LogP contribution in [0.15, 0.2) is 6.20 Å². The summed E-state index contributed by atoms with van der Waals surface area (Å²) in [5, 5.41) is 8.58. The van der Waals surface area contributed by atoms with Crippen molar-refractivity contribution in [3.8, 4) is 6.07 Å². The number of nitrogens with zero attached hydrogens (tertiary/aromatic N) is 2. The Kier molecular flexibility index (Phi) is 4.67. The molecule has 0 N–H and O–H groups in total. The molecular weight excluding hydrogens is 336 g/mol. The zero-order valence-corrected chi connectivity index (χ0v) is 10.4. The Hall–Kier alpha value is -0.480. The second-order valence-corrected chi connectivity index (χ2v) is 4.02. The van der Waals surface area contributed by atoms with E-state index in [1.165, 1.54) is 6.20 Å². The minimum Gasteiger partial charge on any atom is -0.249 e. The molecule has 0 saturated heterocycles. The highest BCUT2D eigenvalue weighted by molar-refractivity contribution is 14.1. The number of nitriles is 1. The predicted molar refractivity (Wildman–Crippen MR) is 60.8 cm³/mol. The molecule has 80 valence electrons. The summed E-state index contributed by atoms with van der Waals surface area (Å²) in [6, 6.07) is 1.86. The number of hydrogen-bond acceptors (Lipinski definition) is 2. The molecule has 0 fully saturated rings. The molecule has 2 nitrogen and oxygen atoms in total. The molecule has 1 aromatic rings. The third kappa shape index (κ3) is 2.75. The average molecular weight is 343 g/mol. The van der Waals surface area contributed by atoms with Gasteiger partial charge in [0.05, 0.1) is 18.1 Å².